The first-order valence-corrected chi connectivity index (χ1v) is 9.56. The second-order valence-electron chi connectivity index (χ2n) is 6.18. The summed E-state index contributed by atoms with van der Waals surface area (Å²) in [4.78, 5) is 19.2. The molecule has 0 fully saturated rings. The lowest BCUT2D eigenvalue weighted by molar-refractivity contribution is -0.384. The molecule has 0 aliphatic heterocycles. The summed E-state index contributed by atoms with van der Waals surface area (Å²) < 4.78 is 1.07. The summed E-state index contributed by atoms with van der Waals surface area (Å²) in [6.07, 6.45) is 4.99. The van der Waals surface area contributed by atoms with E-state index < -0.39 is 4.92 Å². The van der Waals surface area contributed by atoms with Gasteiger partial charge in [0.25, 0.3) is 5.69 Å². The number of aliphatic imine (C=N–C) groups is 1. The van der Waals surface area contributed by atoms with Crippen LogP contribution in [0, 0.1) is 10.1 Å². The Morgan fingerprint density at radius 3 is 2.72 bits per heavy atom. The molecule has 0 amide bonds. The van der Waals surface area contributed by atoms with Crippen molar-refractivity contribution in [2.75, 3.05) is 0 Å². The highest BCUT2D eigenvalue weighted by Gasteiger charge is 2.10. The maximum atomic E-state index is 10.8. The number of phenolic OH excluding ortho intramolecular Hbond substituents is 1. The molecule has 0 saturated heterocycles. The van der Waals surface area contributed by atoms with Crippen LogP contribution in [0.1, 0.15) is 5.56 Å². The van der Waals surface area contributed by atoms with E-state index in [9.17, 15) is 15.2 Å². The van der Waals surface area contributed by atoms with E-state index in [1.54, 1.807) is 48.7 Å². The van der Waals surface area contributed by atoms with Crippen LogP contribution < -0.4 is 0 Å². The molecule has 0 spiro atoms. The van der Waals surface area contributed by atoms with Crippen molar-refractivity contribution in [3.05, 3.63) is 88.5 Å². The fourth-order valence-electron chi connectivity index (χ4n) is 2.79. The van der Waals surface area contributed by atoms with Gasteiger partial charge in [-0.1, -0.05) is 30.3 Å². The van der Waals surface area contributed by atoms with Gasteiger partial charge in [-0.2, -0.15) is 0 Å². The van der Waals surface area contributed by atoms with Gasteiger partial charge in [0.15, 0.2) is 0 Å². The molecular formula is C22H15N3O3S. The Morgan fingerprint density at radius 1 is 1.07 bits per heavy atom. The Kier molecular flexibility index (Phi) is 5.13. The van der Waals surface area contributed by atoms with Crippen molar-refractivity contribution < 1.29 is 10.0 Å². The lowest BCUT2D eigenvalue weighted by atomic mass is 10.2. The number of benzene rings is 3. The minimum absolute atomic E-state index is 0.0412. The van der Waals surface area contributed by atoms with Crippen LogP contribution >= 0.6 is 11.3 Å². The third kappa shape index (κ3) is 4.20. The highest BCUT2D eigenvalue weighted by atomic mass is 32.1. The fourth-order valence-corrected chi connectivity index (χ4v) is 3.79. The number of nitro benzene ring substituents is 1. The molecule has 0 radical (unpaired) electrons. The lowest BCUT2D eigenvalue weighted by Crippen LogP contribution is -1.87. The van der Waals surface area contributed by atoms with Crippen molar-refractivity contribution in [1.82, 2.24) is 4.98 Å². The molecular weight excluding hydrogens is 386 g/mol. The van der Waals surface area contributed by atoms with E-state index in [1.807, 2.05) is 24.3 Å². The molecule has 0 bridgehead atoms. The fraction of sp³-hybridized carbons (Fsp3) is 0. The van der Waals surface area contributed by atoms with Crippen molar-refractivity contribution in [2.24, 2.45) is 4.99 Å². The zero-order valence-electron chi connectivity index (χ0n) is 15.1. The van der Waals surface area contributed by atoms with Crippen LogP contribution in [0.25, 0.3) is 26.9 Å². The van der Waals surface area contributed by atoms with Gasteiger partial charge in [-0.05, 0) is 35.9 Å². The molecule has 142 valence electrons. The number of non-ortho nitro benzene ring substituents is 1. The van der Waals surface area contributed by atoms with E-state index >= 15 is 0 Å². The van der Waals surface area contributed by atoms with Crippen LogP contribution in [0.5, 0.6) is 5.75 Å². The first-order chi connectivity index (χ1) is 14.1. The Labute approximate surface area is 170 Å². The number of fused-ring (bicyclic) bond motifs is 1. The van der Waals surface area contributed by atoms with Gasteiger partial charge in [-0.15, -0.1) is 11.3 Å². The summed E-state index contributed by atoms with van der Waals surface area (Å²) in [6, 6.07) is 19.4. The number of aromatic hydroxyl groups is 1. The number of thiazole rings is 1. The average molecular weight is 401 g/mol. The van der Waals surface area contributed by atoms with E-state index in [0.29, 0.717) is 16.8 Å². The summed E-state index contributed by atoms with van der Waals surface area (Å²) in [6.45, 7) is 0. The molecule has 3 aromatic carbocycles. The van der Waals surface area contributed by atoms with Crippen molar-refractivity contribution in [3.63, 3.8) is 0 Å². The summed E-state index contributed by atoms with van der Waals surface area (Å²) in [5.41, 5.74) is 2.91. The summed E-state index contributed by atoms with van der Waals surface area (Å²) in [5, 5.41) is 22.0. The molecule has 4 aromatic rings. The van der Waals surface area contributed by atoms with Crippen molar-refractivity contribution in [1.29, 1.82) is 0 Å². The number of aromatic nitrogens is 1. The molecule has 0 atom stereocenters. The number of hydrogen-bond donors (Lipinski definition) is 1. The smallest absolute Gasteiger partial charge is 0.270 e. The summed E-state index contributed by atoms with van der Waals surface area (Å²) in [7, 11) is 0. The number of nitrogens with zero attached hydrogens (tertiary/aromatic N) is 3. The van der Waals surface area contributed by atoms with Crippen molar-refractivity contribution in [3.8, 4) is 16.3 Å². The number of phenols is 1. The Hall–Kier alpha value is -3.84. The predicted octanol–water partition coefficient (Wildman–Crippen LogP) is 5.99. The minimum atomic E-state index is -0.429. The summed E-state index contributed by atoms with van der Waals surface area (Å²) in [5.74, 6) is 0.112. The number of hydrogen-bond acceptors (Lipinski definition) is 6. The van der Waals surface area contributed by atoms with E-state index in [0.717, 1.165) is 15.2 Å². The van der Waals surface area contributed by atoms with Crippen LogP contribution in [0.4, 0.5) is 11.4 Å². The van der Waals surface area contributed by atoms with Gasteiger partial charge in [-0.25, -0.2) is 4.98 Å². The van der Waals surface area contributed by atoms with E-state index in [1.165, 1.54) is 23.5 Å². The predicted molar refractivity (Wildman–Crippen MR) is 117 cm³/mol. The van der Waals surface area contributed by atoms with E-state index in [-0.39, 0.29) is 11.4 Å². The standard InChI is InChI=1S/C22H15N3O3S/c26-20-14-16(23-12-4-6-15-5-3-7-17(13-15)25(27)28)10-11-18(20)22-24-19-8-1-2-9-21(19)29-22/h1-14,26H. The van der Waals surface area contributed by atoms with E-state index in [2.05, 4.69) is 9.98 Å². The first-order valence-electron chi connectivity index (χ1n) is 8.74. The van der Waals surface area contributed by atoms with Gasteiger partial charge in [0.2, 0.25) is 0 Å². The zero-order chi connectivity index (χ0) is 20.2. The largest absolute Gasteiger partial charge is 0.507 e. The maximum absolute atomic E-state index is 10.8. The number of nitro groups is 1. The van der Waals surface area contributed by atoms with Gasteiger partial charge in [0, 0.05) is 24.4 Å². The normalized spacial score (nSPS) is 11.6. The SMILES string of the molecule is O=[N+]([O-])c1cccc(C=CC=Nc2ccc(-c3nc4ccccc4s3)c(O)c2)c1. The van der Waals surface area contributed by atoms with Crippen LogP contribution in [-0.2, 0) is 0 Å². The summed E-state index contributed by atoms with van der Waals surface area (Å²) >= 11 is 1.52. The average Bonchev–Trinajstić information content (AvgIpc) is 3.15. The third-order valence-electron chi connectivity index (χ3n) is 4.18. The zero-order valence-corrected chi connectivity index (χ0v) is 15.9. The molecule has 4 rings (SSSR count). The number of para-hydroxylation sites is 1. The van der Waals surface area contributed by atoms with Crippen LogP contribution in [0.15, 0.2) is 77.8 Å². The second-order valence-corrected chi connectivity index (χ2v) is 7.21. The minimum Gasteiger partial charge on any atom is -0.507 e. The van der Waals surface area contributed by atoms with Crippen LogP contribution in [-0.4, -0.2) is 21.2 Å². The Bertz CT molecular complexity index is 1230. The monoisotopic (exact) mass is 401 g/mol. The quantitative estimate of drug-likeness (QED) is 0.253. The highest BCUT2D eigenvalue weighted by molar-refractivity contribution is 7.21. The van der Waals surface area contributed by atoms with Gasteiger partial charge >= 0.3 is 0 Å². The second kappa shape index (κ2) is 8.04. The number of rotatable bonds is 5. The molecule has 0 aliphatic rings. The molecule has 6 nitrogen and oxygen atoms in total. The van der Waals surface area contributed by atoms with Gasteiger partial charge in [-0.3, -0.25) is 15.1 Å². The molecule has 0 saturated carbocycles. The van der Waals surface area contributed by atoms with Crippen LogP contribution in [0.3, 0.4) is 0 Å². The van der Waals surface area contributed by atoms with Gasteiger partial charge < -0.3 is 5.11 Å². The Morgan fingerprint density at radius 2 is 1.93 bits per heavy atom. The maximum Gasteiger partial charge on any atom is 0.270 e. The van der Waals surface area contributed by atoms with Gasteiger partial charge in [0.1, 0.15) is 10.8 Å². The lowest BCUT2D eigenvalue weighted by Gasteiger charge is -2.01. The van der Waals surface area contributed by atoms with Crippen LogP contribution in [0.2, 0.25) is 0 Å². The van der Waals surface area contributed by atoms with Crippen molar-refractivity contribution in [2.45, 2.75) is 0 Å². The Balaban J connectivity index is 1.50. The molecule has 7 heteroatoms. The molecule has 1 aromatic heterocycles. The van der Waals surface area contributed by atoms with Crippen molar-refractivity contribution >= 4 is 45.2 Å². The number of allylic oxidation sites excluding steroid dienone is 1. The first kappa shape index (κ1) is 18.5. The molecule has 29 heavy (non-hydrogen) atoms. The third-order valence-corrected chi connectivity index (χ3v) is 5.25. The molecule has 0 unspecified atom stereocenters. The molecule has 0 aliphatic carbocycles. The topological polar surface area (TPSA) is 88.6 Å². The van der Waals surface area contributed by atoms with E-state index in [4.69, 9.17) is 0 Å². The molecule has 1 heterocycles. The molecule has 1 N–H and O–H groups in total. The van der Waals surface area contributed by atoms with Gasteiger partial charge in [0.05, 0.1) is 26.4 Å². The highest BCUT2D eigenvalue weighted by Crippen LogP contribution is 2.36.